The Balaban J connectivity index is 1.29. The first kappa shape index (κ1) is 19.9. The molecule has 3 aromatic heterocycles. The average Bonchev–Trinajstić information content (AvgIpc) is 3.35. The van der Waals surface area contributed by atoms with Crippen LogP contribution in [0.25, 0.3) is 16.6 Å². The highest BCUT2D eigenvalue weighted by Crippen LogP contribution is 2.19. The summed E-state index contributed by atoms with van der Waals surface area (Å²) in [5, 5.41) is 16.6. The first-order valence-corrected chi connectivity index (χ1v) is 10.6. The van der Waals surface area contributed by atoms with Crippen molar-refractivity contribution in [2.45, 2.75) is 33.1 Å². The van der Waals surface area contributed by atoms with Gasteiger partial charge in [0, 0.05) is 49.4 Å². The predicted octanol–water partition coefficient (Wildman–Crippen LogP) is 3.25. The van der Waals surface area contributed by atoms with E-state index >= 15 is 0 Å². The van der Waals surface area contributed by atoms with Crippen LogP contribution in [0.2, 0.25) is 0 Å². The number of H-pyrrole nitrogens is 1. The number of hydrogen-bond donors (Lipinski definition) is 3. The number of guanidine groups is 1. The summed E-state index contributed by atoms with van der Waals surface area (Å²) in [6, 6.07) is 12.5. The molecule has 0 atom stereocenters. The highest BCUT2D eigenvalue weighted by molar-refractivity contribution is 5.84. The van der Waals surface area contributed by atoms with Gasteiger partial charge in [0.05, 0.1) is 0 Å². The standard InChI is InChI=1S/C23H29N7/c1-3-24-23(25-12-6-8-22-29-28-21-7-4-5-14-30(21)22)26-13-11-18-16-27-20-15-17(2)9-10-19(18)20/h4-5,7,9-10,14-16,27H,3,6,8,11-13H2,1-2H3,(H2,24,25,26). The van der Waals surface area contributed by atoms with E-state index in [1.54, 1.807) is 0 Å². The van der Waals surface area contributed by atoms with E-state index in [1.165, 1.54) is 22.0 Å². The Bertz CT molecular complexity index is 1140. The molecule has 7 nitrogen and oxygen atoms in total. The van der Waals surface area contributed by atoms with Crippen LogP contribution in [-0.4, -0.2) is 45.2 Å². The van der Waals surface area contributed by atoms with Crippen molar-refractivity contribution in [2.24, 2.45) is 4.99 Å². The first-order valence-electron chi connectivity index (χ1n) is 10.6. The van der Waals surface area contributed by atoms with Gasteiger partial charge in [0.15, 0.2) is 11.6 Å². The lowest BCUT2D eigenvalue weighted by molar-refractivity contribution is 0.750. The van der Waals surface area contributed by atoms with Gasteiger partial charge in [0.1, 0.15) is 5.82 Å². The van der Waals surface area contributed by atoms with E-state index in [0.717, 1.165) is 56.3 Å². The summed E-state index contributed by atoms with van der Waals surface area (Å²) < 4.78 is 2.04. The van der Waals surface area contributed by atoms with Gasteiger partial charge in [-0.1, -0.05) is 18.2 Å². The number of hydrogen-bond acceptors (Lipinski definition) is 3. The molecule has 0 saturated carbocycles. The molecular weight excluding hydrogens is 374 g/mol. The van der Waals surface area contributed by atoms with Crippen molar-refractivity contribution in [3.8, 4) is 0 Å². The number of nitrogens with zero attached hydrogens (tertiary/aromatic N) is 4. The normalized spacial score (nSPS) is 12.0. The minimum atomic E-state index is 0.740. The van der Waals surface area contributed by atoms with Gasteiger partial charge in [-0.25, -0.2) is 0 Å². The average molecular weight is 404 g/mol. The molecule has 0 aliphatic rings. The lowest BCUT2D eigenvalue weighted by atomic mass is 10.1. The Morgan fingerprint density at radius 2 is 2.07 bits per heavy atom. The molecule has 30 heavy (non-hydrogen) atoms. The smallest absolute Gasteiger partial charge is 0.191 e. The molecule has 3 N–H and O–H groups in total. The van der Waals surface area contributed by atoms with E-state index in [-0.39, 0.29) is 0 Å². The zero-order chi connectivity index (χ0) is 20.8. The van der Waals surface area contributed by atoms with E-state index in [9.17, 15) is 0 Å². The second kappa shape index (κ2) is 9.43. The highest BCUT2D eigenvalue weighted by atomic mass is 15.2. The van der Waals surface area contributed by atoms with Gasteiger partial charge in [0.2, 0.25) is 0 Å². The molecular formula is C23H29N7. The van der Waals surface area contributed by atoms with Gasteiger partial charge in [0.25, 0.3) is 0 Å². The minimum Gasteiger partial charge on any atom is -0.361 e. The topological polar surface area (TPSA) is 82.4 Å². The summed E-state index contributed by atoms with van der Waals surface area (Å²) in [4.78, 5) is 8.09. The Hall–Kier alpha value is -3.35. The van der Waals surface area contributed by atoms with Crippen LogP contribution in [0.5, 0.6) is 0 Å². The van der Waals surface area contributed by atoms with Crippen LogP contribution < -0.4 is 10.6 Å². The molecule has 0 spiro atoms. The molecule has 1 aromatic carbocycles. The molecule has 0 aliphatic carbocycles. The van der Waals surface area contributed by atoms with Gasteiger partial charge in [-0.05, 0) is 56.0 Å². The third-order valence-corrected chi connectivity index (χ3v) is 5.17. The molecule has 7 heteroatoms. The third kappa shape index (κ3) is 4.62. The maximum Gasteiger partial charge on any atom is 0.191 e. The van der Waals surface area contributed by atoms with Gasteiger partial charge in [-0.3, -0.25) is 9.39 Å². The van der Waals surface area contributed by atoms with Crippen LogP contribution >= 0.6 is 0 Å². The van der Waals surface area contributed by atoms with Gasteiger partial charge in [-0.15, -0.1) is 10.2 Å². The number of aromatic amines is 1. The van der Waals surface area contributed by atoms with E-state index in [0.29, 0.717) is 0 Å². The van der Waals surface area contributed by atoms with Crippen LogP contribution in [0, 0.1) is 6.92 Å². The zero-order valence-corrected chi connectivity index (χ0v) is 17.7. The molecule has 0 amide bonds. The monoisotopic (exact) mass is 403 g/mol. The van der Waals surface area contributed by atoms with Crippen molar-refractivity contribution in [1.29, 1.82) is 0 Å². The maximum atomic E-state index is 4.71. The van der Waals surface area contributed by atoms with Crippen molar-refractivity contribution in [2.75, 3.05) is 19.6 Å². The number of aliphatic imine (C=N–C) groups is 1. The van der Waals surface area contributed by atoms with E-state index in [2.05, 4.69) is 64.1 Å². The molecule has 4 rings (SSSR count). The van der Waals surface area contributed by atoms with Crippen LogP contribution in [0.3, 0.4) is 0 Å². The number of aromatic nitrogens is 4. The van der Waals surface area contributed by atoms with Crippen molar-refractivity contribution in [3.63, 3.8) is 0 Å². The Morgan fingerprint density at radius 3 is 2.97 bits per heavy atom. The summed E-state index contributed by atoms with van der Waals surface area (Å²) in [7, 11) is 0. The fourth-order valence-corrected chi connectivity index (χ4v) is 3.65. The number of nitrogens with one attached hydrogen (secondary N) is 3. The fourth-order valence-electron chi connectivity index (χ4n) is 3.65. The van der Waals surface area contributed by atoms with Gasteiger partial charge < -0.3 is 15.6 Å². The highest BCUT2D eigenvalue weighted by Gasteiger charge is 2.06. The van der Waals surface area contributed by atoms with Crippen molar-refractivity contribution in [1.82, 2.24) is 30.2 Å². The molecule has 156 valence electrons. The molecule has 0 bridgehead atoms. The number of pyridine rings is 1. The number of aryl methyl sites for hydroxylation is 2. The summed E-state index contributed by atoms with van der Waals surface area (Å²) in [6.07, 6.45) is 6.83. The Labute approximate surface area is 176 Å². The number of fused-ring (bicyclic) bond motifs is 2. The number of rotatable bonds is 8. The van der Waals surface area contributed by atoms with Crippen LogP contribution in [-0.2, 0) is 12.8 Å². The Morgan fingerprint density at radius 1 is 1.13 bits per heavy atom. The van der Waals surface area contributed by atoms with E-state index < -0.39 is 0 Å². The van der Waals surface area contributed by atoms with Crippen molar-refractivity contribution in [3.05, 3.63) is 65.7 Å². The third-order valence-electron chi connectivity index (χ3n) is 5.17. The molecule has 0 saturated heterocycles. The summed E-state index contributed by atoms with van der Waals surface area (Å²) in [6.45, 7) is 6.62. The summed E-state index contributed by atoms with van der Waals surface area (Å²) in [5.41, 5.74) is 4.69. The van der Waals surface area contributed by atoms with Crippen LogP contribution in [0.4, 0.5) is 0 Å². The summed E-state index contributed by atoms with van der Waals surface area (Å²) in [5.74, 6) is 1.84. The molecule has 0 radical (unpaired) electrons. The minimum absolute atomic E-state index is 0.740. The number of benzene rings is 1. The molecule has 4 aromatic rings. The first-order chi connectivity index (χ1) is 14.7. The lowest BCUT2D eigenvalue weighted by Gasteiger charge is -2.11. The van der Waals surface area contributed by atoms with Crippen LogP contribution in [0.1, 0.15) is 30.3 Å². The zero-order valence-electron chi connectivity index (χ0n) is 17.7. The lowest BCUT2D eigenvalue weighted by Crippen LogP contribution is -2.38. The molecule has 0 fully saturated rings. The van der Waals surface area contributed by atoms with Crippen molar-refractivity contribution < 1.29 is 0 Å². The second-order valence-electron chi connectivity index (χ2n) is 7.45. The van der Waals surface area contributed by atoms with Gasteiger partial charge >= 0.3 is 0 Å². The predicted molar refractivity (Wildman–Crippen MR) is 122 cm³/mol. The quantitative estimate of drug-likeness (QED) is 0.240. The van der Waals surface area contributed by atoms with E-state index in [1.807, 2.05) is 28.8 Å². The molecule has 3 heterocycles. The van der Waals surface area contributed by atoms with Crippen molar-refractivity contribution >= 4 is 22.5 Å². The molecule has 0 unspecified atom stereocenters. The fraction of sp³-hybridized carbons (Fsp3) is 0.348. The molecule has 0 aliphatic heterocycles. The Kier molecular flexibility index (Phi) is 6.27. The van der Waals surface area contributed by atoms with Crippen LogP contribution in [0.15, 0.2) is 53.8 Å². The largest absolute Gasteiger partial charge is 0.361 e. The summed E-state index contributed by atoms with van der Waals surface area (Å²) >= 11 is 0. The van der Waals surface area contributed by atoms with Gasteiger partial charge in [-0.2, -0.15) is 0 Å². The van der Waals surface area contributed by atoms with E-state index in [4.69, 9.17) is 4.99 Å². The maximum absolute atomic E-state index is 4.71. The SMILES string of the molecule is CCNC(=NCCCc1nnc2ccccn12)NCCc1c[nH]c2cc(C)ccc12. The second-order valence-corrected chi connectivity index (χ2v) is 7.45.